The number of nitrogens with one attached hydrogen (secondary N) is 1. The predicted molar refractivity (Wildman–Crippen MR) is 114 cm³/mol. The minimum atomic E-state index is -0.633. The monoisotopic (exact) mass is 410 g/mol. The lowest BCUT2D eigenvalue weighted by atomic mass is 9.95. The Hall–Kier alpha value is -2.70. The van der Waals surface area contributed by atoms with E-state index < -0.39 is 11.1 Å². The van der Waals surface area contributed by atoms with E-state index in [9.17, 15) is 9.59 Å². The molecule has 1 saturated heterocycles. The van der Waals surface area contributed by atoms with Gasteiger partial charge in [0, 0.05) is 24.4 Å². The fraction of sp³-hybridized carbons (Fsp3) is 0.565. The van der Waals surface area contributed by atoms with Crippen LogP contribution in [0.15, 0.2) is 24.3 Å². The molecule has 4 rings (SSSR count). The van der Waals surface area contributed by atoms with Crippen LogP contribution in [0.3, 0.4) is 0 Å². The third-order valence-electron chi connectivity index (χ3n) is 5.89. The summed E-state index contributed by atoms with van der Waals surface area (Å²) >= 11 is 0. The first kappa shape index (κ1) is 20.6. The number of amides is 2. The number of ether oxygens (including phenoxy) is 1. The highest BCUT2D eigenvalue weighted by molar-refractivity contribution is 5.86. The number of piperidine rings is 1. The van der Waals surface area contributed by atoms with Crippen LogP contribution in [0.5, 0.6) is 0 Å². The van der Waals surface area contributed by atoms with Crippen LogP contribution in [0.1, 0.15) is 46.1 Å². The zero-order valence-electron chi connectivity index (χ0n) is 18.5. The van der Waals surface area contributed by atoms with E-state index in [4.69, 9.17) is 4.74 Å². The first-order valence-electron chi connectivity index (χ1n) is 10.5. The van der Waals surface area contributed by atoms with Gasteiger partial charge >= 0.3 is 6.09 Å². The average molecular weight is 411 g/mol. The molecule has 1 unspecified atom stereocenters. The van der Waals surface area contributed by atoms with E-state index in [1.54, 1.807) is 4.90 Å². The second-order valence-corrected chi connectivity index (χ2v) is 9.99. The number of hydrogen-bond donors (Lipinski definition) is 1. The van der Waals surface area contributed by atoms with Gasteiger partial charge in [-0.1, -0.05) is 18.2 Å². The Labute approximate surface area is 177 Å². The molecule has 7 nitrogen and oxygen atoms in total. The zero-order valence-corrected chi connectivity index (χ0v) is 18.5. The van der Waals surface area contributed by atoms with Gasteiger partial charge in [0.25, 0.3) is 0 Å². The van der Waals surface area contributed by atoms with Crippen LogP contribution in [0.2, 0.25) is 0 Å². The topological polar surface area (TPSA) is 84.4 Å². The molecule has 1 saturated carbocycles. The number of fused-ring (bicyclic) bond motifs is 2. The highest BCUT2D eigenvalue weighted by atomic mass is 16.6. The number of nitrogens with zero attached hydrogens (tertiary/aromatic N) is 3. The van der Waals surface area contributed by atoms with Gasteiger partial charge in [-0.25, -0.2) is 14.8 Å². The molecular weight excluding hydrogens is 380 g/mol. The molecule has 160 valence electrons. The van der Waals surface area contributed by atoms with E-state index in [2.05, 4.69) is 15.3 Å². The average Bonchev–Trinajstić information content (AvgIpc) is 3.13. The van der Waals surface area contributed by atoms with Crippen molar-refractivity contribution >= 4 is 22.9 Å². The van der Waals surface area contributed by atoms with Gasteiger partial charge in [-0.15, -0.1) is 0 Å². The van der Waals surface area contributed by atoms with Crippen LogP contribution in [-0.4, -0.2) is 45.6 Å². The molecule has 2 fully saturated rings. The summed E-state index contributed by atoms with van der Waals surface area (Å²) in [5.74, 6) is 1.06. The third-order valence-corrected chi connectivity index (χ3v) is 5.89. The van der Waals surface area contributed by atoms with Crippen molar-refractivity contribution in [2.45, 2.75) is 52.7 Å². The lowest BCUT2D eigenvalue weighted by Crippen LogP contribution is -2.44. The summed E-state index contributed by atoms with van der Waals surface area (Å²) in [6, 6.07) is 7.86. The molecule has 0 spiro atoms. The predicted octanol–water partition coefficient (Wildman–Crippen LogP) is 3.40. The molecule has 0 radical (unpaired) electrons. The second kappa shape index (κ2) is 6.93. The molecule has 2 heterocycles. The van der Waals surface area contributed by atoms with Crippen molar-refractivity contribution in [2.24, 2.45) is 17.8 Å². The summed E-state index contributed by atoms with van der Waals surface area (Å²) in [6.07, 6.45) is -0.294. The molecule has 2 aromatic rings. The van der Waals surface area contributed by atoms with Crippen molar-refractivity contribution in [3.63, 3.8) is 0 Å². The highest BCUT2D eigenvalue weighted by Crippen LogP contribution is 2.52. The Morgan fingerprint density at radius 3 is 2.33 bits per heavy atom. The maximum absolute atomic E-state index is 13.0. The minimum Gasteiger partial charge on any atom is -0.444 e. The van der Waals surface area contributed by atoms with Crippen LogP contribution in [0, 0.1) is 24.7 Å². The van der Waals surface area contributed by atoms with Crippen molar-refractivity contribution in [3.8, 4) is 0 Å². The van der Waals surface area contributed by atoms with Crippen LogP contribution in [0.4, 0.5) is 4.79 Å². The van der Waals surface area contributed by atoms with E-state index in [0.29, 0.717) is 18.9 Å². The van der Waals surface area contributed by atoms with Crippen molar-refractivity contribution in [3.05, 3.63) is 35.8 Å². The van der Waals surface area contributed by atoms with Crippen molar-refractivity contribution in [1.29, 1.82) is 0 Å². The highest BCUT2D eigenvalue weighted by Gasteiger charge is 2.61. The number of aryl methyl sites for hydroxylation is 1. The molecule has 2 amide bonds. The zero-order chi connectivity index (χ0) is 21.8. The standard InChI is InChI=1S/C23H30N4O3/c1-13-24-17-10-8-7-9-14(17)19(25-13)23(5,6)26-20(28)18-15-11-27(12-16(15)18)21(29)30-22(2,3)4/h7-10,15-16,18H,11-12H2,1-6H3,(H,26,28)/t15-,16+,18?. The molecule has 2 aliphatic rings. The van der Waals surface area contributed by atoms with Crippen LogP contribution in [0.25, 0.3) is 10.9 Å². The van der Waals surface area contributed by atoms with Crippen LogP contribution in [-0.2, 0) is 15.1 Å². The Kier molecular flexibility index (Phi) is 4.75. The Balaban J connectivity index is 1.43. The largest absolute Gasteiger partial charge is 0.444 e. The Morgan fingerprint density at radius 1 is 1.07 bits per heavy atom. The molecular formula is C23H30N4O3. The number of likely N-dealkylation sites (tertiary alicyclic amines) is 1. The van der Waals surface area contributed by atoms with Crippen LogP contribution >= 0.6 is 0 Å². The molecule has 7 heteroatoms. The van der Waals surface area contributed by atoms with Gasteiger partial charge in [0.2, 0.25) is 5.91 Å². The number of para-hydroxylation sites is 1. The fourth-order valence-electron chi connectivity index (χ4n) is 4.51. The summed E-state index contributed by atoms with van der Waals surface area (Å²) in [5, 5.41) is 4.15. The Morgan fingerprint density at radius 2 is 1.70 bits per heavy atom. The summed E-state index contributed by atoms with van der Waals surface area (Å²) in [4.78, 5) is 36.2. The van der Waals surface area contributed by atoms with E-state index in [-0.39, 0.29) is 29.8 Å². The molecule has 1 aliphatic heterocycles. The molecule has 1 aromatic carbocycles. The molecule has 1 aliphatic carbocycles. The van der Waals surface area contributed by atoms with Crippen LogP contribution < -0.4 is 5.32 Å². The quantitative estimate of drug-likeness (QED) is 0.838. The Bertz CT molecular complexity index is 999. The van der Waals surface area contributed by atoms with Gasteiger partial charge in [-0.05, 0) is 59.4 Å². The normalized spacial score (nSPS) is 23.3. The third kappa shape index (κ3) is 3.85. The number of hydrogen-bond acceptors (Lipinski definition) is 5. The summed E-state index contributed by atoms with van der Waals surface area (Å²) in [7, 11) is 0. The van der Waals surface area contributed by atoms with Gasteiger partial charge in [0.15, 0.2) is 0 Å². The van der Waals surface area contributed by atoms with Gasteiger partial charge in [-0.2, -0.15) is 0 Å². The smallest absolute Gasteiger partial charge is 0.410 e. The number of carbonyl (C=O) groups is 2. The van der Waals surface area contributed by atoms with E-state index in [0.717, 1.165) is 16.6 Å². The minimum absolute atomic E-state index is 0.0270. The lowest BCUT2D eigenvalue weighted by molar-refractivity contribution is -0.125. The maximum Gasteiger partial charge on any atom is 0.410 e. The molecule has 1 aromatic heterocycles. The van der Waals surface area contributed by atoms with E-state index in [1.165, 1.54) is 0 Å². The van der Waals surface area contributed by atoms with Gasteiger partial charge in [0.05, 0.1) is 16.7 Å². The lowest BCUT2D eigenvalue weighted by Gasteiger charge is -2.29. The van der Waals surface area contributed by atoms with Gasteiger partial charge < -0.3 is 15.0 Å². The first-order valence-corrected chi connectivity index (χ1v) is 10.5. The number of aromatic nitrogens is 2. The second-order valence-electron chi connectivity index (χ2n) is 9.99. The summed E-state index contributed by atoms with van der Waals surface area (Å²) < 4.78 is 5.45. The number of benzene rings is 1. The van der Waals surface area contributed by atoms with Crippen molar-refractivity contribution in [1.82, 2.24) is 20.2 Å². The SMILES string of the molecule is Cc1nc(C(C)(C)NC(=O)C2[C@H]3CN(C(=O)OC(C)(C)C)C[C@@H]23)c2ccccc2n1. The molecule has 3 atom stereocenters. The maximum atomic E-state index is 13.0. The number of rotatable bonds is 3. The summed E-state index contributed by atoms with van der Waals surface area (Å²) in [6.45, 7) is 12.6. The van der Waals surface area contributed by atoms with E-state index >= 15 is 0 Å². The van der Waals surface area contributed by atoms with Gasteiger partial charge in [0.1, 0.15) is 11.4 Å². The first-order chi connectivity index (χ1) is 14.0. The molecule has 0 bridgehead atoms. The van der Waals surface area contributed by atoms with Crippen molar-refractivity contribution in [2.75, 3.05) is 13.1 Å². The number of carbonyl (C=O) groups excluding carboxylic acids is 2. The fourth-order valence-corrected chi connectivity index (χ4v) is 4.51. The summed E-state index contributed by atoms with van der Waals surface area (Å²) in [5.41, 5.74) is 0.550. The van der Waals surface area contributed by atoms with Crippen molar-refractivity contribution < 1.29 is 14.3 Å². The molecule has 1 N–H and O–H groups in total. The van der Waals surface area contributed by atoms with Gasteiger partial charge in [-0.3, -0.25) is 4.79 Å². The molecule has 30 heavy (non-hydrogen) atoms. The van der Waals surface area contributed by atoms with E-state index in [1.807, 2.05) is 65.8 Å².